The minimum Gasteiger partial charge on any atom is -0.456 e. The van der Waals surface area contributed by atoms with Gasteiger partial charge in [0.15, 0.2) is 0 Å². The fourth-order valence-corrected chi connectivity index (χ4v) is 3.86. The van der Waals surface area contributed by atoms with E-state index in [-0.39, 0.29) is 17.0 Å². The zero-order chi connectivity index (χ0) is 24.0. The molecule has 3 aromatic rings. The first-order valence-electron chi connectivity index (χ1n) is 9.80. The molecule has 172 valence electrons. The molecule has 0 aromatic heterocycles. The highest BCUT2D eigenvalue weighted by Crippen LogP contribution is 2.29. The van der Waals surface area contributed by atoms with E-state index in [1.165, 1.54) is 38.4 Å². The lowest BCUT2D eigenvalue weighted by atomic mass is 10.2. The van der Waals surface area contributed by atoms with Crippen molar-refractivity contribution in [3.05, 3.63) is 83.4 Å². The summed E-state index contributed by atoms with van der Waals surface area (Å²) >= 11 is 6.08. The molecule has 0 saturated carbocycles. The molecule has 3 rings (SSSR count). The Morgan fingerprint density at radius 2 is 1.67 bits per heavy atom. The van der Waals surface area contributed by atoms with Gasteiger partial charge in [0.05, 0.1) is 16.5 Å². The van der Waals surface area contributed by atoms with Crippen LogP contribution in [0.4, 0.5) is 5.69 Å². The lowest BCUT2D eigenvalue weighted by molar-refractivity contribution is -0.115. The molecule has 0 aliphatic carbocycles. The third-order valence-corrected chi connectivity index (χ3v) is 6.61. The van der Waals surface area contributed by atoms with Gasteiger partial charge in [-0.1, -0.05) is 29.8 Å². The molecule has 0 aliphatic rings. The Morgan fingerprint density at radius 1 is 0.970 bits per heavy atom. The van der Waals surface area contributed by atoms with Crippen molar-refractivity contribution in [2.45, 2.75) is 4.90 Å². The maximum atomic E-state index is 12.4. The first-order chi connectivity index (χ1) is 15.7. The van der Waals surface area contributed by atoms with Crippen LogP contribution >= 0.6 is 11.6 Å². The van der Waals surface area contributed by atoms with Gasteiger partial charge in [0.2, 0.25) is 15.9 Å². The third kappa shape index (κ3) is 6.32. The number of carbonyl (C=O) groups excluding carboxylic acids is 2. The summed E-state index contributed by atoms with van der Waals surface area (Å²) < 4.78 is 31.2. The highest BCUT2D eigenvalue weighted by molar-refractivity contribution is 7.89. The van der Waals surface area contributed by atoms with E-state index in [0.717, 1.165) is 4.31 Å². The lowest BCUT2D eigenvalue weighted by Crippen LogP contribution is -2.33. The van der Waals surface area contributed by atoms with Gasteiger partial charge in [-0.2, -0.15) is 0 Å². The summed E-state index contributed by atoms with van der Waals surface area (Å²) in [6, 6.07) is 19.3. The highest BCUT2D eigenvalue weighted by Gasteiger charge is 2.19. The van der Waals surface area contributed by atoms with Crippen LogP contribution in [0.5, 0.6) is 11.5 Å². The van der Waals surface area contributed by atoms with E-state index >= 15 is 0 Å². The first kappa shape index (κ1) is 24.2. The number of nitrogens with zero attached hydrogens (tertiary/aromatic N) is 1. The Bertz CT molecular complexity index is 1260. The predicted octanol–water partition coefficient (Wildman–Crippen LogP) is 3.75. The summed E-state index contributed by atoms with van der Waals surface area (Å²) in [4.78, 5) is 24.6. The van der Waals surface area contributed by atoms with Crippen molar-refractivity contribution in [2.24, 2.45) is 0 Å². The van der Waals surface area contributed by atoms with Gasteiger partial charge in [0.1, 0.15) is 11.5 Å². The summed E-state index contributed by atoms with van der Waals surface area (Å²) in [5.41, 5.74) is 0.645. The molecule has 0 heterocycles. The third-order valence-electron chi connectivity index (χ3n) is 4.49. The summed E-state index contributed by atoms with van der Waals surface area (Å²) in [7, 11) is -0.865. The van der Waals surface area contributed by atoms with Crippen LogP contribution in [0.3, 0.4) is 0 Å². The van der Waals surface area contributed by atoms with Gasteiger partial charge in [0, 0.05) is 25.3 Å². The minimum absolute atomic E-state index is 0.0105. The van der Waals surface area contributed by atoms with Crippen molar-refractivity contribution in [3.63, 3.8) is 0 Å². The standard InChI is InChI=1S/C23H22ClN3O5S/c1-27(2)33(30,31)19-7-5-6-16(14-19)23(29)25-15-22(28)26-17-10-12-18(13-11-17)32-21-9-4-3-8-20(21)24/h3-14H,15H2,1-2H3,(H,25,29)(H,26,28). The van der Waals surface area contributed by atoms with Gasteiger partial charge >= 0.3 is 0 Å². The van der Waals surface area contributed by atoms with Crippen LogP contribution in [-0.4, -0.2) is 45.2 Å². The molecular formula is C23H22ClN3O5S. The molecular weight excluding hydrogens is 466 g/mol. The van der Waals surface area contributed by atoms with Crippen LogP contribution < -0.4 is 15.4 Å². The maximum absolute atomic E-state index is 12.4. The zero-order valence-electron chi connectivity index (χ0n) is 17.9. The molecule has 8 nitrogen and oxygen atoms in total. The second-order valence-corrected chi connectivity index (χ2v) is 9.66. The highest BCUT2D eigenvalue weighted by atomic mass is 35.5. The van der Waals surface area contributed by atoms with Crippen molar-refractivity contribution >= 4 is 39.1 Å². The van der Waals surface area contributed by atoms with Gasteiger partial charge in [-0.05, 0) is 54.6 Å². The van der Waals surface area contributed by atoms with Crippen LogP contribution in [0, 0.1) is 0 Å². The number of ether oxygens (including phenoxy) is 1. The Labute approximate surface area is 197 Å². The largest absolute Gasteiger partial charge is 0.456 e. The Hall–Kier alpha value is -3.40. The molecule has 33 heavy (non-hydrogen) atoms. The summed E-state index contributed by atoms with van der Waals surface area (Å²) in [5.74, 6) is 0.0488. The number of hydrogen-bond acceptors (Lipinski definition) is 5. The molecule has 0 bridgehead atoms. The number of rotatable bonds is 8. The van der Waals surface area contributed by atoms with E-state index < -0.39 is 21.8 Å². The summed E-state index contributed by atoms with van der Waals surface area (Å²) in [5, 5.41) is 5.62. The van der Waals surface area contributed by atoms with Crippen LogP contribution in [-0.2, 0) is 14.8 Å². The van der Waals surface area contributed by atoms with Gasteiger partial charge in [0.25, 0.3) is 5.91 Å². The lowest BCUT2D eigenvalue weighted by Gasteiger charge is -2.12. The Morgan fingerprint density at radius 3 is 2.33 bits per heavy atom. The SMILES string of the molecule is CN(C)S(=O)(=O)c1cccc(C(=O)NCC(=O)Nc2ccc(Oc3ccccc3Cl)cc2)c1. The summed E-state index contributed by atoms with van der Waals surface area (Å²) in [6.07, 6.45) is 0. The number of carbonyl (C=O) groups is 2. The normalized spacial score (nSPS) is 11.2. The average molecular weight is 488 g/mol. The topological polar surface area (TPSA) is 105 Å². The van der Waals surface area contributed by atoms with E-state index in [9.17, 15) is 18.0 Å². The first-order valence-corrected chi connectivity index (χ1v) is 11.6. The molecule has 0 unspecified atom stereocenters. The smallest absolute Gasteiger partial charge is 0.251 e. The van der Waals surface area contributed by atoms with E-state index in [1.54, 1.807) is 42.5 Å². The van der Waals surface area contributed by atoms with Gasteiger partial charge in [-0.3, -0.25) is 9.59 Å². The fourth-order valence-electron chi connectivity index (χ4n) is 2.74. The molecule has 0 spiro atoms. The molecule has 2 amide bonds. The van der Waals surface area contributed by atoms with E-state index in [1.807, 2.05) is 6.07 Å². The van der Waals surface area contributed by atoms with Crippen molar-refractivity contribution < 1.29 is 22.7 Å². The number of sulfonamides is 1. The van der Waals surface area contributed by atoms with Crippen molar-refractivity contribution in [2.75, 3.05) is 26.0 Å². The molecule has 0 radical (unpaired) electrons. The zero-order valence-corrected chi connectivity index (χ0v) is 19.5. The van der Waals surface area contributed by atoms with Gasteiger partial charge < -0.3 is 15.4 Å². The molecule has 0 saturated heterocycles. The number of anilines is 1. The van der Waals surface area contributed by atoms with E-state index in [2.05, 4.69) is 10.6 Å². The van der Waals surface area contributed by atoms with Crippen LogP contribution in [0.1, 0.15) is 10.4 Å². The predicted molar refractivity (Wildman–Crippen MR) is 126 cm³/mol. The number of para-hydroxylation sites is 1. The molecule has 0 atom stereocenters. The van der Waals surface area contributed by atoms with Crippen molar-refractivity contribution in [1.82, 2.24) is 9.62 Å². The average Bonchev–Trinajstić information content (AvgIpc) is 2.80. The van der Waals surface area contributed by atoms with Crippen LogP contribution in [0.2, 0.25) is 5.02 Å². The van der Waals surface area contributed by atoms with Crippen molar-refractivity contribution in [3.8, 4) is 11.5 Å². The van der Waals surface area contributed by atoms with Crippen LogP contribution in [0.25, 0.3) is 0 Å². The number of amides is 2. The Balaban J connectivity index is 1.55. The second-order valence-electron chi connectivity index (χ2n) is 7.10. The quantitative estimate of drug-likeness (QED) is 0.503. The number of benzene rings is 3. The number of nitrogens with one attached hydrogen (secondary N) is 2. The van der Waals surface area contributed by atoms with E-state index in [0.29, 0.717) is 22.2 Å². The molecule has 3 aromatic carbocycles. The maximum Gasteiger partial charge on any atom is 0.251 e. The van der Waals surface area contributed by atoms with Gasteiger partial charge in [-0.25, -0.2) is 12.7 Å². The number of hydrogen-bond donors (Lipinski definition) is 2. The van der Waals surface area contributed by atoms with Crippen LogP contribution in [0.15, 0.2) is 77.7 Å². The number of halogens is 1. The molecule has 2 N–H and O–H groups in total. The molecule has 10 heteroatoms. The second kappa shape index (κ2) is 10.5. The summed E-state index contributed by atoms with van der Waals surface area (Å²) in [6.45, 7) is -0.290. The fraction of sp³-hybridized carbons (Fsp3) is 0.130. The molecule has 0 aliphatic heterocycles. The Kier molecular flexibility index (Phi) is 7.70. The molecule has 0 fully saturated rings. The monoisotopic (exact) mass is 487 g/mol. The van der Waals surface area contributed by atoms with Crippen molar-refractivity contribution in [1.29, 1.82) is 0 Å². The van der Waals surface area contributed by atoms with E-state index in [4.69, 9.17) is 16.3 Å². The van der Waals surface area contributed by atoms with Gasteiger partial charge in [-0.15, -0.1) is 0 Å². The minimum atomic E-state index is -3.67.